The van der Waals surface area contributed by atoms with Crippen molar-refractivity contribution < 1.29 is 19.1 Å². The molecule has 0 N–H and O–H groups in total. The van der Waals surface area contributed by atoms with Crippen molar-refractivity contribution in [1.82, 2.24) is 4.90 Å². The molecule has 1 aliphatic heterocycles. The summed E-state index contributed by atoms with van der Waals surface area (Å²) < 4.78 is 10.5. The van der Waals surface area contributed by atoms with Gasteiger partial charge in [-0.1, -0.05) is 18.2 Å². The molecular formula is C16H21NO4. The lowest BCUT2D eigenvalue weighted by Crippen LogP contribution is -2.44. The van der Waals surface area contributed by atoms with Crippen LogP contribution in [0.2, 0.25) is 0 Å². The van der Waals surface area contributed by atoms with E-state index in [0.29, 0.717) is 13.2 Å². The lowest BCUT2D eigenvalue weighted by molar-refractivity contribution is -0.150. The fourth-order valence-electron chi connectivity index (χ4n) is 2.43. The molecule has 1 aromatic carbocycles. The highest BCUT2D eigenvalue weighted by atomic mass is 16.5. The number of esters is 1. The summed E-state index contributed by atoms with van der Waals surface area (Å²) >= 11 is 0. The van der Waals surface area contributed by atoms with Gasteiger partial charge in [-0.15, -0.1) is 0 Å². The van der Waals surface area contributed by atoms with Crippen LogP contribution in [-0.4, -0.2) is 42.6 Å². The van der Waals surface area contributed by atoms with Crippen molar-refractivity contribution in [2.45, 2.75) is 32.7 Å². The van der Waals surface area contributed by atoms with E-state index in [2.05, 4.69) is 0 Å². The Balaban J connectivity index is 2.15. The maximum absolute atomic E-state index is 12.7. The first kappa shape index (κ1) is 15.4. The smallest absolute Gasteiger partial charge is 0.325 e. The van der Waals surface area contributed by atoms with Crippen LogP contribution in [-0.2, 0) is 14.3 Å². The first-order valence-electron chi connectivity index (χ1n) is 7.22. The van der Waals surface area contributed by atoms with Gasteiger partial charge >= 0.3 is 5.97 Å². The van der Waals surface area contributed by atoms with E-state index in [1.54, 1.807) is 11.8 Å². The van der Waals surface area contributed by atoms with E-state index >= 15 is 0 Å². The molecule has 0 saturated carbocycles. The third-order valence-electron chi connectivity index (χ3n) is 3.51. The van der Waals surface area contributed by atoms with Gasteiger partial charge in [0.1, 0.15) is 24.8 Å². The zero-order valence-corrected chi connectivity index (χ0v) is 12.7. The van der Waals surface area contributed by atoms with Crippen LogP contribution < -0.4 is 4.74 Å². The SMILES string of the molecule is CCOC(=O)CN(C(=O)C1COc2ccccc21)C(C)C. The van der Waals surface area contributed by atoms with Crippen molar-refractivity contribution in [3.63, 3.8) is 0 Å². The lowest BCUT2D eigenvalue weighted by atomic mass is 9.99. The molecule has 0 radical (unpaired) electrons. The molecule has 5 nitrogen and oxygen atoms in total. The molecule has 114 valence electrons. The minimum absolute atomic E-state index is 0.0248. The number of hydrogen-bond acceptors (Lipinski definition) is 4. The quantitative estimate of drug-likeness (QED) is 0.778. The molecule has 0 saturated heterocycles. The summed E-state index contributed by atoms with van der Waals surface area (Å²) in [5, 5.41) is 0. The predicted molar refractivity (Wildman–Crippen MR) is 78.2 cm³/mol. The van der Waals surface area contributed by atoms with E-state index in [1.165, 1.54) is 0 Å². The van der Waals surface area contributed by atoms with E-state index in [1.807, 2.05) is 38.1 Å². The van der Waals surface area contributed by atoms with Crippen molar-refractivity contribution in [3.05, 3.63) is 29.8 Å². The van der Waals surface area contributed by atoms with Gasteiger partial charge in [-0.05, 0) is 26.8 Å². The normalized spacial score (nSPS) is 16.3. The number of carbonyl (C=O) groups excluding carboxylic acids is 2. The van der Waals surface area contributed by atoms with Gasteiger partial charge in [0.05, 0.1) is 6.61 Å². The Kier molecular flexibility index (Phi) is 4.83. The largest absolute Gasteiger partial charge is 0.492 e. The van der Waals surface area contributed by atoms with E-state index in [0.717, 1.165) is 11.3 Å². The Hall–Kier alpha value is -2.04. The third kappa shape index (κ3) is 3.35. The van der Waals surface area contributed by atoms with Gasteiger partial charge in [-0.2, -0.15) is 0 Å². The van der Waals surface area contributed by atoms with Crippen molar-refractivity contribution in [2.24, 2.45) is 0 Å². The van der Waals surface area contributed by atoms with Gasteiger partial charge in [0, 0.05) is 11.6 Å². The predicted octanol–water partition coefficient (Wildman–Crippen LogP) is 1.96. The Labute approximate surface area is 124 Å². The Bertz CT molecular complexity index is 527. The second-order valence-electron chi connectivity index (χ2n) is 5.27. The van der Waals surface area contributed by atoms with Crippen molar-refractivity contribution >= 4 is 11.9 Å². The summed E-state index contributed by atoms with van der Waals surface area (Å²) in [6, 6.07) is 7.44. The standard InChI is InChI=1S/C16H21NO4/c1-4-20-15(18)9-17(11(2)3)16(19)13-10-21-14-8-6-5-7-12(13)14/h5-8,11,13H,4,9-10H2,1-3H3. The average molecular weight is 291 g/mol. The van der Waals surface area contributed by atoms with Gasteiger partial charge in [0.15, 0.2) is 0 Å². The van der Waals surface area contributed by atoms with Crippen LogP contribution in [0, 0.1) is 0 Å². The number of rotatable bonds is 5. The maximum Gasteiger partial charge on any atom is 0.325 e. The van der Waals surface area contributed by atoms with Crippen LogP contribution in [0.15, 0.2) is 24.3 Å². The molecule has 1 atom stereocenters. The molecule has 1 aliphatic rings. The Morgan fingerprint density at radius 2 is 2.10 bits per heavy atom. The Morgan fingerprint density at radius 3 is 2.76 bits per heavy atom. The van der Waals surface area contributed by atoms with Crippen LogP contribution in [0.25, 0.3) is 0 Å². The molecule has 0 bridgehead atoms. The maximum atomic E-state index is 12.7. The summed E-state index contributed by atoms with van der Waals surface area (Å²) in [5.41, 5.74) is 0.886. The summed E-state index contributed by atoms with van der Waals surface area (Å²) in [6.45, 7) is 6.14. The number of ether oxygens (including phenoxy) is 2. The fourth-order valence-corrected chi connectivity index (χ4v) is 2.43. The first-order valence-corrected chi connectivity index (χ1v) is 7.22. The summed E-state index contributed by atoms with van der Waals surface area (Å²) in [4.78, 5) is 26.0. The zero-order chi connectivity index (χ0) is 15.4. The summed E-state index contributed by atoms with van der Waals surface area (Å²) in [5.74, 6) is -0.0801. The molecular weight excluding hydrogens is 270 g/mol. The molecule has 1 unspecified atom stereocenters. The van der Waals surface area contributed by atoms with E-state index in [4.69, 9.17) is 9.47 Å². The number of benzene rings is 1. The number of fused-ring (bicyclic) bond motifs is 1. The van der Waals surface area contributed by atoms with Gasteiger partial charge in [0.25, 0.3) is 0 Å². The van der Waals surface area contributed by atoms with Crippen LogP contribution in [0.1, 0.15) is 32.3 Å². The van der Waals surface area contributed by atoms with E-state index < -0.39 is 0 Å². The molecule has 0 aliphatic carbocycles. The van der Waals surface area contributed by atoms with Crippen LogP contribution in [0.4, 0.5) is 0 Å². The highest BCUT2D eigenvalue weighted by Gasteiger charge is 2.35. The molecule has 0 aromatic heterocycles. The molecule has 21 heavy (non-hydrogen) atoms. The number of para-hydroxylation sites is 1. The molecule has 0 spiro atoms. The topological polar surface area (TPSA) is 55.8 Å². The van der Waals surface area contributed by atoms with Crippen molar-refractivity contribution in [2.75, 3.05) is 19.8 Å². The number of hydrogen-bond donors (Lipinski definition) is 0. The lowest BCUT2D eigenvalue weighted by Gasteiger charge is -2.28. The van der Waals surface area contributed by atoms with Gasteiger partial charge < -0.3 is 14.4 Å². The highest BCUT2D eigenvalue weighted by Crippen LogP contribution is 2.34. The van der Waals surface area contributed by atoms with Crippen molar-refractivity contribution in [3.8, 4) is 5.75 Å². The van der Waals surface area contributed by atoms with Crippen molar-refractivity contribution in [1.29, 1.82) is 0 Å². The average Bonchev–Trinajstić information content (AvgIpc) is 2.88. The van der Waals surface area contributed by atoms with Gasteiger partial charge in [-0.3, -0.25) is 9.59 Å². The molecule has 2 rings (SSSR count). The fraction of sp³-hybridized carbons (Fsp3) is 0.500. The highest BCUT2D eigenvalue weighted by molar-refractivity contribution is 5.88. The minimum Gasteiger partial charge on any atom is -0.492 e. The van der Waals surface area contributed by atoms with Crippen LogP contribution in [0.5, 0.6) is 5.75 Å². The van der Waals surface area contributed by atoms with Crippen LogP contribution >= 0.6 is 0 Å². The molecule has 1 aromatic rings. The second kappa shape index (κ2) is 6.61. The van der Waals surface area contributed by atoms with Gasteiger partial charge in [0.2, 0.25) is 5.91 Å². The molecule has 0 fully saturated rings. The molecule has 5 heteroatoms. The van der Waals surface area contributed by atoms with Gasteiger partial charge in [-0.25, -0.2) is 0 Å². The molecule has 1 amide bonds. The summed E-state index contributed by atoms with van der Waals surface area (Å²) in [7, 11) is 0. The number of carbonyl (C=O) groups is 2. The van der Waals surface area contributed by atoms with Crippen LogP contribution in [0.3, 0.4) is 0 Å². The first-order chi connectivity index (χ1) is 10.0. The molecule has 1 heterocycles. The third-order valence-corrected chi connectivity index (χ3v) is 3.51. The Morgan fingerprint density at radius 1 is 1.38 bits per heavy atom. The minimum atomic E-state index is -0.383. The monoisotopic (exact) mass is 291 g/mol. The van der Waals surface area contributed by atoms with E-state index in [-0.39, 0.29) is 30.4 Å². The second-order valence-corrected chi connectivity index (χ2v) is 5.27. The van der Waals surface area contributed by atoms with E-state index in [9.17, 15) is 9.59 Å². The number of nitrogens with zero attached hydrogens (tertiary/aromatic N) is 1. The number of amides is 1. The zero-order valence-electron chi connectivity index (χ0n) is 12.7. The summed E-state index contributed by atoms with van der Waals surface area (Å²) in [6.07, 6.45) is 0.